The lowest BCUT2D eigenvalue weighted by atomic mass is 10.1. The van der Waals surface area contributed by atoms with Crippen LogP contribution in [0.1, 0.15) is 56.9 Å². The van der Waals surface area contributed by atoms with Crippen molar-refractivity contribution in [3.63, 3.8) is 0 Å². The summed E-state index contributed by atoms with van der Waals surface area (Å²) in [5.74, 6) is 0. The van der Waals surface area contributed by atoms with E-state index < -0.39 is 17.9 Å². The minimum atomic E-state index is -5.35. The smallest absolute Gasteiger partial charge is 0.377 e. The van der Waals surface area contributed by atoms with Gasteiger partial charge in [-0.25, -0.2) is 0 Å². The van der Waals surface area contributed by atoms with Gasteiger partial charge in [-0.2, -0.15) is 26.3 Å². The van der Waals surface area contributed by atoms with E-state index in [0.29, 0.717) is 26.1 Å². The van der Waals surface area contributed by atoms with Crippen molar-refractivity contribution in [3.8, 4) is 0 Å². The number of rotatable bonds is 12. The quantitative estimate of drug-likeness (QED) is 0.211. The predicted molar refractivity (Wildman–Crippen MR) is 90.9 cm³/mol. The van der Waals surface area contributed by atoms with Crippen LogP contribution in [0.4, 0.5) is 26.3 Å². The molecule has 0 saturated carbocycles. The average Bonchev–Trinajstić information content (AvgIpc) is 2.57. The Labute approximate surface area is 156 Å². The van der Waals surface area contributed by atoms with Crippen molar-refractivity contribution < 1.29 is 31.1 Å². The van der Waals surface area contributed by atoms with Crippen molar-refractivity contribution in [2.24, 2.45) is 0 Å². The fourth-order valence-electron chi connectivity index (χ4n) is 2.53. The summed E-state index contributed by atoms with van der Waals surface area (Å²) in [5, 5.41) is 0. The van der Waals surface area contributed by atoms with Gasteiger partial charge in [-0.3, -0.25) is 0 Å². The van der Waals surface area contributed by atoms with E-state index in [1.54, 1.807) is 6.07 Å². The van der Waals surface area contributed by atoms with E-state index in [4.69, 9.17) is 4.74 Å². The van der Waals surface area contributed by atoms with Crippen molar-refractivity contribution in [2.75, 3.05) is 6.61 Å². The van der Waals surface area contributed by atoms with Crippen molar-refractivity contribution in [2.45, 2.75) is 70.3 Å². The Hall–Kier alpha value is -1.68. The van der Waals surface area contributed by atoms with Gasteiger partial charge in [0.05, 0.1) is 6.61 Å². The van der Waals surface area contributed by atoms with Gasteiger partial charge in [0.2, 0.25) is 0 Å². The van der Waals surface area contributed by atoms with Crippen LogP contribution in [0.5, 0.6) is 0 Å². The van der Waals surface area contributed by atoms with E-state index in [1.165, 1.54) is 0 Å². The zero-order valence-electron chi connectivity index (χ0n) is 15.1. The molecule has 1 nitrogen and oxygen atoms in total. The van der Waals surface area contributed by atoms with Crippen LogP contribution in [0.2, 0.25) is 0 Å². The Morgan fingerprint density at radius 2 is 1.44 bits per heavy atom. The highest BCUT2D eigenvalue weighted by molar-refractivity contribution is 5.15. The monoisotopic (exact) mass is 394 g/mol. The number of unbranched alkanes of at least 4 members (excludes halogenated alkanes) is 7. The molecule has 27 heavy (non-hydrogen) atoms. The van der Waals surface area contributed by atoms with E-state index in [2.05, 4.69) is 12.1 Å². The first-order valence-electron chi connectivity index (χ1n) is 9.00. The number of ether oxygens (including phenoxy) is 1. The molecule has 0 amide bonds. The second-order valence-corrected chi connectivity index (χ2v) is 6.27. The van der Waals surface area contributed by atoms with E-state index in [9.17, 15) is 26.3 Å². The maximum Gasteiger partial charge on any atom is 0.420 e. The molecule has 0 unspecified atom stereocenters. The van der Waals surface area contributed by atoms with Gasteiger partial charge in [0.1, 0.15) is 5.57 Å². The lowest BCUT2D eigenvalue weighted by Crippen LogP contribution is -2.26. The molecule has 0 saturated heterocycles. The Bertz CT molecular complexity index is 518. The predicted octanol–water partition coefficient (Wildman–Crippen LogP) is 6.98. The van der Waals surface area contributed by atoms with Gasteiger partial charge < -0.3 is 4.74 Å². The highest BCUT2D eigenvalue weighted by atomic mass is 19.4. The first-order valence-corrected chi connectivity index (χ1v) is 9.00. The lowest BCUT2D eigenvalue weighted by molar-refractivity contribution is -0.172. The molecule has 0 aliphatic heterocycles. The fraction of sp³-hybridized carbons (Fsp3) is 0.600. The van der Waals surface area contributed by atoms with Gasteiger partial charge in [0.15, 0.2) is 0 Å². The summed E-state index contributed by atoms with van der Waals surface area (Å²) in [6, 6.07) is 11.2. The van der Waals surface area contributed by atoms with Crippen molar-refractivity contribution in [1.82, 2.24) is 0 Å². The average molecular weight is 394 g/mol. The van der Waals surface area contributed by atoms with Crippen LogP contribution < -0.4 is 0 Å². The SMILES string of the molecule is FC(F)(F)C(=CCCCCCCCCCOCc1cc#ccc1)C(F)(F)F. The summed E-state index contributed by atoms with van der Waals surface area (Å²) in [6.45, 7) is 1.19. The minimum absolute atomic E-state index is 0.211. The second kappa shape index (κ2) is 11.9. The van der Waals surface area contributed by atoms with Gasteiger partial charge >= 0.3 is 12.4 Å². The summed E-state index contributed by atoms with van der Waals surface area (Å²) < 4.78 is 79.4. The molecule has 0 atom stereocenters. The highest BCUT2D eigenvalue weighted by Gasteiger charge is 2.50. The van der Waals surface area contributed by atoms with E-state index in [1.807, 2.05) is 12.1 Å². The summed E-state index contributed by atoms with van der Waals surface area (Å²) in [4.78, 5) is 0. The first kappa shape index (κ1) is 23.4. The topological polar surface area (TPSA) is 9.23 Å². The first-order chi connectivity index (χ1) is 12.7. The Morgan fingerprint density at radius 3 is 2.00 bits per heavy atom. The summed E-state index contributed by atoms with van der Waals surface area (Å²) in [5.41, 5.74) is -1.36. The molecule has 152 valence electrons. The number of hydrogen-bond acceptors (Lipinski definition) is 1. The van der Waals surface area contributed by atoms with Crippen LogP contribution in [0.25, 0.3) is 0 Å². The molecular weight excluding hydrogens is 370 g/mol. The molecule has 0 bridgehead atoms. The van der Waals surface area contributed by atoms with Crippen LogP contribution in [0, 0.1) is 12.1 Å². The van der Waals surface area contributed by atoms with Crippen molar-refractivity contribution >= 4 is 0 Å². The Kier molecular flexibility index (Phi) is 10.3. The Balaban J connectivity index is 2.00. The number of alkyl halides is 6. The largest absolute Gasteiger partial charge is 0.420 e. The second-order valence-electron chi connectivity index (χ2n) is 6.27. The minimum Gasteiger partial charge on any atom is -0.377 e. The molecule has 7 heteroatoms. The van der Waals surface area contributed by atoms with Gasteiger partial charge in [0.25, 0.3) is 0 Å². The summed E-state index contributed by atoms with van der Waals surface area (Å²) >= 11 is 0. The molecule has 0 aliphatic carbocycles. The molecule has 0 radical (unpaired) electrons. The lowest BCUT2D eigenvalue weighted by Gasteiger charge is -2.14. The number of halogens is 6. The molecule has 0 spiro atoms. The summed E-state index contributed by atoms with van der Waals surface area (Å²) in [6.07, 6.45) is -5.10. The highest BCUT2D eigenvalue weighted by Crippen LogP contribution is 2.38. The molecule has 0 aromatic heterocycles. The third kappa shape index (κ3) is 10.9. The molecule has 0 N–H and O–H groups in total. The van der Waals surface area contributed by atoms with Crippen LogP contribution in [-0.4, -0.2) is 19.0 Å². The van der Waals surface area contributed by atoms with Gasteiger partial charge in [-0.15, -0.1) is 0 Å². The Morgan fingerprint density at radius 1 is 0.852 bits per heavy atom. The molecule has 1 aromatic rings. The fourth-order valence-corrected chi connectivity index (χ4v) is 2.53. The van der Waals surface area contributed by atoms with E-state index >= 15 is 0 Å². The molecule has 1 rings (SSSR count). The van der Waals surface area contributed by atoms with Crippen LogP contribution in [-0.2, 0) is 11.3 Å². The normalized spacial score (nSPS) is 11.9. The number of allylic oxidation sites excluding steroid dienone is 2. The van der Waals surface area contributed by atoms with Gasteiger partial charge in [-0.1, -0.05) is 50.3 Å². The van der Waals surface area contributed by atoms with Crippen LogP contribution in [0.3, 0.4) is 0 Å². The zero-order valence-corrected chi connectivity index (χ0v) is 15.1. The molecular formula is C20H24F6O. The molecule has 1 aromatic carbocycles. The third-order valence-electron chi connectivity index (χ3n) is 3.94. The van der Waals surface area contributed by atoms with Crippen molar-refractivity contribution in [3.05, 3.63) is 47.5 Å². The third-order valence-corrected chi connectivity index (χ3v) is 3.94. The van der Waals surface area contributed by atoms with Gasteiger partial charge in [0, 0.05) is 6.61 Å². The maximum absolute atomic E-state index is 12.3. The van der Waals surface area contributed by atoms with E-state index in [0.717, 1.165) is 37.7 Å². The number of hydrogen-bond donors (Lipinski definition) is 0. The van der Waals surface area contributed by atoms with Crippen LogP contribution in [0.15, 0.2) is 29.8 Å². The molecule has 0 heterocycles. The molecule has 0 fully saturated rings. The van der Waals surface area contributed by atoms with Crippen molar-refractivity contribution in [1.29, 1.82) is 0 Å². The standard InChI is InChI=1S/C20H24F6O/c21-19(22,23)18(20(24,25)26)14-10-5-3-1-2-4-6-11-15-27-16-17-12-8-7-9-13-17/h8,12-14H,1-6,10-11,15-16H2. The molecule has 0 aliphatic rings. The van der Waals surface area contributed by atoms with E-state index in [-0.39, 0.29) is 12.5 Å². The summed E-state index contributed by atoms with van der Waals surface area (Å²) in [7, 11) is 0. The van der Waals surface area contributed by atoms with Crippen LogP contribution >= 0.6 is 0 Å². The zero-order chi connectivity index (χ0) is 20.2. The maximum atomic E-state index is 12.3. The van der Waals surface area contributed by atoms with Gasteiger partial charge in [-0.05, 0) is 43.0 Å².